The molecular weight excluding hydrogens is 328 g/mol. The van der Waals surface area contributed by atoms with Gasteiger partial charge < -0.3 is 5.32 Å². The second kappa shape index (κ2) is 19.8. The Morgan fingerprint density at radius 1 is 0.720 bits per heavy atom. The number of unbranched alkanes of at least 4 members (excludes halogenated alkanes) is 15. The minimum Gasteiger partial charge on any atom is -0.306 e. The molecule has 0 saturated heterocycles. The van der Waals surface area contributed by atoms with Crippen molar-refractivity contribution in [2.45, 2.75) is 117 Å². The molecule has 0 atom stereocenters. The molecule has 0 aromatic carbocycles. The number of nitrogens with one attached hydrogen (secondary N) is 2. The van der Waals surface area contributed by atoms with Crippen LogP contribution in [0.5, 0.6) is 0 Å². The van der Waals surface area contributed by atoms with E-state index in [1.54, 1.807) is 0 Å². The molecule has 0 unspecified atom stereocenters. The fourth-order valence-corrected chi connectivity index (χ4v) is 3.79. The van der Waals surface area contributed by atoms with Crippen LogP contribution in [0, 0.1) is 5.41 Å². The fraction of sp³-hybridized carbons (Fsp3) is 0.905. The van der Waals surface area contributed by atoms with Crippen LogP contribution in [0.25, 0.3) is 0 Å². The zero-order chi connectivity index (χ0) is 18.6. The second-order valence-corrected chi connectivity index (χ2v) is 8.27. The summed E-state index contributed by atoms with van der Waals surface area (Å²) in [5.41, 5.74) is 0. The molecule has 3 nitrogen and oxygen atoms in total. The minimum atomic E-state index is -0.149. The molecule has 0 aliphatic heterocycles. The number of amidine groups is 1. The molecule has 0 heterocycles. The molecule has 0 fully saturated rings. The van der Waals surface area contributed by atoms with Crippen LogP contribution < -0.4 is 5.32 Å². The Kier molecular flexibility index (Phi) is 19.4. The Morgan fingerprint density at radius 3 is 1.44 bits per heavy atom. The number of thioether (sulfide) groups is 1. The van der Waals surface area contributed by atoms with E-state index in [0.29, 0.717) is 0 Å². The first-order chi connectivity index (χ1) is 12.2. The summed E-state index contributed by atoms with van der Waals surface area (Å²) >= 11 is 1.44. The Morgan fingerprint density at radius 2 is 1.08 bits per heavy atom. The van der Waals surface area contributed by atoms with Gasteiger partial charge in [0, 0.05) is 12.7 Å². The summed E-state index contributed by atoms with van der Waals surface area (Å²) in [4.78, 5) is 10.8. The molecule has 0 aromatic heterocycles. The topological polar surface area (TPSA) is 53.0 Å². The van der Waals surface area contributed by atoms with Crippen molar-refractivity contribution in [3.8, 4) is 0 Å². The van der Waals surface area contributed by atoms with Gasteiger partial charge in [-0.3, -0.25) is 10.2 Å². The van der Waals surface area contributed by atoms with E-state index in [9.17, 15) is 4.79 Å². The Balaban J connectivity index is 3.07. The number of hydrogen-bond acceptors (Lipinski definition) is 3. The van der Waals surface area contributed by atoms with Crippen LogP contribution in [-0.2, 0) is 4.79 Å². The summed E-state index contributed by atoms with van der Waals surface area (Å²) < 4.78 is 0. The van der Waals surface area contributed by atoms with Gasteiger partial charge in [-0.05, 0) is 6.42 Å². The van der Waals surface area contributed by atoms with Crippen LogP contribution in [0.4, 0.5) is 0 Å². The van der Waals surface area contributed by atoms with Crippen molar-refractivity contribution >= 4 is 22.8 Å². The van der Waals surface area contributed by atoms with E-state index in [-0.39, 0.29) is 11.1 Å². The van der Waals surface area contributed by atoms with Crippen molar-refractivity contribution in [2.24, 2.45) is 0 Å². The molecule has 0 aliphatic rings. The van der Waals surface area contributed by atoms with Crippen molar-refractivity contribution in [3.05, 3.63) is 0 Å². The van der Waals surface area contributed by atoms with Gasteiger partial charge in [-0.1, -0.05) is 115 Å². The first-order valence-corrected chi connectivity index (χ1v) is 11.6. The van der Waals surface area contributed by atoms with E-state index in [2.05, 4.69) is 12.2 Å². The maximum absolute atomic E-state index is 10.8. The zero-order valence-corrected chi connectivity index (χ0v) is 17.7. The SMILES string of the molecule is CCCCCCCCCCCCCCCCCCSC(=N)NC(C)=O. The average Bonchev–Trinajstić information content (AvgIpc) is 2.57. The van der Waals surface area contributed by atoms with Crippen molar-refractivity contribution < 1.29 is 4.79 Å². The fourth-order valence-electron chi connectivity index (χ4n) is 3.02. The monoisotopic (exact) mass is 370 g/mol. The van der Waals surface area contributed by atoms with E-state index in [1.807, 2.05) is 0 Å². The Bertz CT molecular complexity index is 321. The average molecular weight is 371 g/mol. The van der Waals surface area contributed by atoms with Crippen LogP contribution in [-0.4, -0.2) is 16.8 Å². The maximum Gasteiger partial charge on any atom is 0.222 e. The molecule has 0 spiro atoms. The predicted octanol–water partition coefficient (Wildman–Crippen LogP) is 7.05. The maximum atomic E-state index is 10.8. The third kappa shape index (κ3) is 21.4. The smallest absolute Gasteiger partial charge is 0.222 e. The van der Waals surface area contributed by atoms with Gasteiger partial charge in [-0.25, -0.2) is 0 Å². The normalized spacial score (nSPS) is 10.8. The molecule has 4 heteroatoms. The minimum absolute atomic E-state index is 0.149. The highest BCUT2D eigenvalue weighted by atomic mass is 32.2. The molecule has 2 N–H and O–H groups in total. The summed E-state index contributed by atoms with van der Waals surface area (Å²) in [7, 11) is 0. The lowest BCUT2D eigenvalue weighted by Crippen LogP contribution is -2.24. The lowest BCUT2D eigenvalue weighted by Gasteiger charge is -2.04. The number of rotatable bonds is 17. The van der Waals surface area contributed by atoms with E-state index in [4.69, 9.17) is 5.41 Å². The van der Waals surface area contributed by atoms with Crippen LogP contribution in [0.3, 0.4) is 0 Å². The van der Waals surface area contributed by atoms with Gasteiger partial charge in [0.15, 0.2) is 5.17 Å². The molecule has 0 radical (unpaired) electrons. The van der Waals surface area contributed by atoms with E-state index < -0.39 is 0 Å². The quantitative estimate of drug-likeness (QED) is 0.164. The van der Waals surface area contributed by atoms with Gasteiger partial charge in [-0.15, -0.1) is 0 Å². The lowest BCUT2D eigenvalue weighted by atomic mass is 10.0. The summed E-state index contributed by atoms with van der Waals surface area (Å²) in [6.45, 7) is 3.73. The molecule has 0 saturated carbocycles. The molecule has 148 valence electrons. The summed E-state index contributed by atoms with van der Waals surface area (Å²) in [6, 6.07) is 0. The Labute approximate surface area is 161 Å². The molecule has 0 aromatic rings. The van der Waals surface area contributed by atoms with Gasteiger partial charge in [-0.2, -0.15) is 0 Å². The molecule has 1 amide bonds. The van der Waals surface area contributed by atoms with Crippen LogP contribution >= 0.6 is 11.8 Å². The summed E-state index contributed by atoms with van der Waals surface area (Å²) in [5, 5.41) is 10.3. The first-order valence-electron chi connectivity index (χ1n) is 10.7. The number of carbonyl (C=O) groups excluding carboxylic acids is 1. The molecule has 0 rings (SSSR count). The van der Waals surface area contributed by atoms with Crippen molar-refractivity contribution in [1.82, 2.24) is 5.32 Å². The van der Waals surface area contributed by atoms with E-state index in [0.717, 1.165) is 12.2 Å². The highest BCUT2D eigenvalue weighted by Gasteiger charge is 1.99. The molecular formula is C21H42N2OS. The van der Waals surface area contributed by atoms with E-state index >= 15 is 0 Å². The molecule has 0 aliphatic carbocycles. The number of amides is 1. The van der Waals surface area contributed by atoms with Crippen molar-refractivity contribution in [2.75, 3.05) is 5.75 Å². The Hall–Kier alpha value is -0.510. The second-order valence-electron chi connectivity index (χ2n) is 7.16. The van der Waals surface area contributed by atoms with Gasteiger partial charge in [0.1, 0.15) is 0 Å². The van der Waals surface area contributed by atoms with Gasteiger partial charge >= 0.3 is 0 Å². The van der Waals surface area contributed by atoms with Gasteiger partial charge in [0.05, 0.1) is 0 Å². The summed E-state index contributed by atoms with van der Waals surface area (Å²) in [5.74, 6) is 0.793. The van der Waals surface area contributed by atoms with Crippen LogP contribution in [0.2, 0.25) is 0 Å². The number of carbonyl (C=O) groups is 1. The highest BCUT2D eigenvalue weighted by Crippen LogP contribution is 2.14. The van der Waals surface area contributed by atoms with Gasteiger partial charge in [0.2, 0.25) is 5.91 Å². The van der Waals surface area contributed by atoms with Crippen molar-refractivity contribution in [1.29, 1.82) is 5.41 Å². The van der Waals surface area contributed by atoms with Crippen molar-refractivity contribution in [3.63, 3.8) is 0 Å². The third-order valence-corrected chi connectivity index (χ3v) is 5.42. The van der Waals surface area contributed by atoms with Gasteiger partial charge in [0.25, 0.3) is 0 Å². The highest BCUT2D eigenvalue weighted by molar-refractivity contribution is 8.13. The van der Waals surface area contributed by atoms with Crippen LogP contribution in [0.1, 0.15) is 117 Å². The van der Waals surface area contributed by atoms with E-state index in [1.165, 1.54) is 115 Å². The lowest BCUT2D eigenvalue weighted by molar-refractivity contribution is -0.117. The summed E-state index contributed by atoms with van der Waals surface area (Å²) in [6.07, 6.45) is 22.1. The predicted molar refractivity (Wildman–Crippen MR) is 114 cm³/mol. The first kappa shape index (κ1) is 24.5. The standard InChI is InChI=1S/C21H42N2OS/c1-3-4-5-6-7-8-9-10-11-12-13-14-15-16-17-18-19-25-21(22)23-20(2)24/h3-19H2,1-2H3,(H2,22,23,24). The van der Waals surface area contributed by atoms with Crippen LogP contribution in [0.15, 0.2) is 0 Å². The molecule has 0 bridgehead atoms. The molecule has 25 heavy (non-hydrogen) atoms. The third-order valence-electron chi connectivity index (χ3n) is 4.53. The largest absolute Gasteiger partial charge is 0.306 e. The zero-order valence-electron chi connectivity index (χ0n) is 16.8. The number of hydrogen-bond donors (Lipinski definition) is 2.